The smallest absolute Gasteiger partial charge is 0.314 e. The molecular weight excluding hydrogens is 428 g/mol. The van der Waals surface area contributed by atoms with Crippen LogP contribution in [-0.2, 0) is 10.2 Å². The van der Waals surface area contributed by atoms with Gasteiger partial charge in [-0.3, -0.25) is 14.8 Å². The van der Waals surface area contributed by atoms with E-state index in [0.717, 1.165) is 16.7 Å². The van der Waals surface area contributed by atoms with E-state index < -0.39 is 11.4 Å². The number of anilines is 1. The van der Waals surface area contributed by atoms with Crippen LogP contribution in [0.4, 0.5) is 5.82 Å². The highest BCUT2D eigenvalue weighted by atomic mass is 35.5. The fraction of sp³-hybridized carbons (Fsp3) is 0.174. The molecule has 2 heterocycles. The van der Waals surface area contributed by atoms with E-state index in [0.29, 0.717) is 35.7 Å². The minimum absolute atomic E-state index is 0.256. The summed E-state index contributed by atoms with van der Waals surface area (Å²) in [7, 11) is 1.73. The summed E-state index contributed by atoms with van der Waals surface area (Å²) in [4.78, 5) is 24.2. The zero-order chi connectivity index (χ0) is 22.7. The molecule has 4 rings (SSSR count). The van der Waals surface area contributed by atoms with Gasteiger partial charge in [-0.2, -0.15) is 0 Å². The Labute approximate surface area is 189 Å². The Morgan fingerprint density at radius 1 is 1.12 bits per heavy atom. The van der Waals surface area contributed by atoms with Crippen LogP contribution in [0.5, 0.6) is 0 Å². The largest absolute Gasteiger partial charge is 0.481 e. The third kappa shape index (κ3) is 4.17. The molecule has 1 aliphatic carbocycles. The molecule has 0 radical (unpaired) electrons. The quantitative estimate of drug-likeness (QED) is 0.384. The fourth-order valence-electron chi connectivity index (χ4n) is 3.53. The van der Waals surface area contributed by atoms with Gasteiger partial charge in [0.15, 0.2) is 5.82 Å². The Kier molecular flexibility index (Phi) is 5.87. The molecule has 32 heavy (non-hydrogen) atoms. The molecular formula is C23H21ClN6O2. The van der Waals surface area contributed by atoms with E-state index in [1.54, 1.807) is 13.2 Å². The van der Waals surface area contributed by atoms with E-state index in [1.165, 1.54) is 18.6 Å². The van der Waals surface area contributed by atoms with Crippen LogP contribution in [0.25, 0.3) is 16.7 Å². The number of allylic oxidation sites excluding steroid dienone is 1. The second-order valence-corrected chi connectivity index (χ2v) is 7.82. The highest BCUT2D eigenvalue weighted by molar-refractivity contribution is 6.29. The molecule has 0 aliphatic heterocycles. The summed E-state index contributed by atoms with van der Waals surface area (Å²) in [6, 6.07) is 11.3. The highest BCUT2D eigenvalue weighted by Gasteiger charge is 2.51. The second kappa shape index (κ2) is 8.76. The number of aromatic nitrogens is 3. The summed E-state index contributed by atoms with van der Waals surface area (Å²) in [6.07, 6.45) is 7.25. The van der Waals surface area contributed by atoms with E-state index in [9.17, 15) is 9.90 Å². The van der Waals surface area contributed by atoms with Crippen molar-refractivity contribution in [3.63, 3.8) is 0 Å². The number of hydrogen-bond donors (Lipinski definition) is 4. The number of pyridine rings is 1. The van der Waals surface area contributed by atoms with Gasteiger partial charge < -0.3 is 21.1 Å². The maximum Gasteiger partial charge on any atom is 0.314 e. The van der Waals surface area contributed by atoms with Crippen molar-refractivity contribution in [3.8, 4) is 11.1 Å². The first-order chi connectivity index (χ1) is 15.5. The zero-order valence-corrected chi connectivity index (χ0v) is 18.0. The number of hydrogen-bond acceptors (Lipinski definition) is 7. The lowest BCUT2D eigenvalue weighted by atomic mass is 9.94. The van der Waals surface area contributed by atoms with Crippen LogP contribution in [0.15, 0.2) is 60.8 Å². The van der Waals surface area contributed by atoms with Gasteiger partial charge in [0.2, 0.25) is 0 Å². The first-order valence-electron chi connectivity index (χ1n) is 9.94. The molecule has 0 spiro atoms. The van der Waals surface area contributed by atoms with E-state index in [4.69, 9.17) is 17.0 Å². The number of carboxylic acids is 1. The molecule has 4 N–H and O–H groups in total. The molecule has 0 amide bonds. The van der Waals surface area contributed by atoms with Gasteiger partial charge in [0.25, 0.3) is 0 Å². The van der Waals surface area contributed by atoms with Crippen molar-refractivity contribution >= 4 is 35.2 Å². The molecule has 2 aromatic heterocycles. The lowest BCUT2D eigenvalue weighted by molar-refractivity contribution is -0.140. The lowest BCUT2D eigenvalue weighted by Crippen LogP contribution is -2.19. The molecule has 3 aromatic rings. The Morgan fingerprint density at radius 3 is 2.38 bits per heavy atom. The summed E-state index contributed by atoms with van der Waals surface area (Å²) in [5.74, 6) is 0.206. The van der Waals surface area contributed by atoms with E-state index in [1.807, 2.05) is 36.4 Å². The van der Waals surface area contributed by atoms with E-state index >= 15 is 0 Å². The number of halogens is 1. The average molecular weight is 449 g/mol. The summed E-state index contributed by atoms with van der Waals surface area (Å²) >= 11 is 5.89. The van der Waals surface area contributed by atoms with Gasteiger partial charge in [0, 0.05) is 25.0 Å². The Hall–Kier alpha value is -3.78. The summed E-state index contributed by atoms with van der Waals surface area (Å²) in [5, 5.41) is 23.7. The highest BCUT2D eigenvalue weighted by Crippen LogP contribution is 2.48. The van der Waals surface area contributed by atoms with Gasteiger partial charge in [-0.25, -0.2) is 4.98 Å². The Balaban J connectivity index is 1.58. The van der Waals surface area contributed by atoms with Crippen LogP contribution in [0.1, 0.15) is 24.1 Å². The molecule has 0 saturated heterocycles. The molecule has 8 nitrogen and oxygen atoms in total. The second-order valence-electron chi connectivity index (χ2n) is 7.43. The van der Waals surface area contributed by atoms with Gasteiger partial charge in [-0.15, -0.1) is 0 Å². The summed E-state index contributed by atoms with van der Waals surface area (Å²) in [5.41, 5.74) is 3.08. The van der Waals surface area contributed by atoms with Crippen molar-refractivity contribution in [1.29, 1.82) is 5.41 Å². The topological polar surface area (TPSA) is 124 Å². The third-order valence-corrected chi connectivity index (χ3v) is 5.67. The standard InChI is InChI=1S/C23H21ClN6O2/c1-26-21(30-20-13-27-12-19(24)29-20)17(10-25)18-7-4-15(11-28-18)14-2-5-16(6-3-14)23(8-9-23)22(31)32/h2-7,10-13,25-26H,8-9H2,1H3,(H,29,30)(H,31,32)/b21-17-,25-10?. The maximum atomic E-state index is 11.5. The molecule has 1 saturated carbocycles. The molecule has 0 bridgehead atoms. The number of nitrogens with zero attached hydrogens (tertiary/aromatic N) is 3. The summed E-state index contributed by atoms with van der Waals surface area (Å²) in [6.45, 7) is 0. The summed E-state index contributed by atoms with van der Waals surface area (Å²) < 4.78 is 0. The van der Waals surface area contributed by atoms with E-state index in [-0.39, 0.29) is 5.15 Å². The third-order valence-electron chi connectivity index (χ3n) is 5.49. The molecule has 1 aromatic carbocycles. The number of carbonyl (C=O) groups is 1. The zero-order valence-electron chi connectivity index (χ0n) is 17.3. The Morgan fingerprint density at radius 2 is 1.84 bits per heavy atom. The molecule has 1 aliphatic rings. The first-order valence-corrected chi connectivity index (χ1v) is 10.3. The number of benzene rings is 1. The normalized spacial score (nSPS) is 14.8. The minimum atomic E-state index is -0.764. The lowest BCUT2D eigenvalue weighted by Gasteiger charge is -2.14. The number of carboxylic acid groups (broad SMARTS) is 1. The van der Waals surface area contributed by atoms with Crippen LogP contribution in [-0.4, -0.2) is 39.3 Å². The van der Waals surface area contributed by atoms with Crippen LogP contribution in [0, 0.1) is 5.41 Å². The van der Waals surface area contributed by atoms with Crippen LogP contribution in [0.2, 0.25) is 5.15 Å². The first kappa shape index (κ1) is 21.5. The average Bonchev–Trinajstić information content (AvgIpc) is 3.62. The van der Waals surface area contributed by atoms with Crippen molar-refractivity contribution in [1.82, 2.24) is 20.3 Å². The van der Waals surface area contributed by atoms with Gasteiger partial charge >= 0.3 is 5.97 Å². The predicted molar refractivity (Wildman–Crippen MR) is 124 cm³/mol. The van der Waals surface area contributed by atoms with Gasteiger partial charge in [-0.1, -0.05) is 41.9 Å². The molecule has 9 heteroatoms. The van der Waals surface area contributed by atoms with Gasteiger partial charge in [0.05, 0.1) is 29.1 Å². The Bertz CT molecular complexity index is 1190. The van der Waals surface area contributed by atoms with Crippen molar-refractivity contribution in [2.45, 2.75) is 18.3 Å². The molecule has 0 atom stereocenters. The van der Waals surface area contributed by atoms with Crippen LogP contribution < -0.4 is 10.6 Å². The van der Waals surface area contributed by atoms with E-state index in [2.05, 4.69) is 25.6 Å². The van der Waals surface area contributed by atoms with Crippen LogP contribution in [0.3, 0.4) is 0 Å². The molecule has 162 valence electrons. The molecule has 0 unspecified atom stereocenters. The van der Waals surface area contributed by atoms with Crippen molar-refractivity contribution < 1.29 is 9.90 Å². The number of aliphatic carboxylic acids is 1. The molecule has 1 fully saturated rings. The van der Waals surface area contributed by atoms with Crippen molar-refractivity contribution in [2.24, 2.45) is 0 Å². The number of nitrogens with one attached hydrogen (secondary N) is 3. The number of rotatable bonds is 8. The predicted octanol–water partition coefficient (Wildman–Crippen LogP) is 3.96. The fourth-order valence-corrected chi connectivity index (χ4v) is 3.67. The maximum absolute atomic E-state index is 11.5. The van der Waals surface area contributed by atoms with Gasteiger partial charge in [0.1, 0.15) is 11.0 Å². The monoisotopic (exact) mass is 448 g/mol. The van der Waals surface area contributed by atoms with Gasteiger partial charge in [-0.05, 0) is 30.0 Å². The minimum Gasteiger partial charge on any atom is -0.481 e. The SMILES string of the molecule is CN/C(Nc1cncc(Cl)n1)=C(\C=N)c1ccc(-c2ccc(C3(C(=O)O)CC3)cc2)cn1. The van der Waals surface area contributed by atoms with Crippen LogP contribution >= 0.6 is 11.6 Å². The van der Waals surface area contributed by atoms with Crippen molar-refractivity contribution in [2.75, 3.05) is 12.4 Å². The van der Waals surface area contributed by atoms with Crippen molar-refractivity contribution in [3.05, 3.63) is 77.2 Å².